The number of aromatic nitrogens is 1. The van der Waals surface area contributed by atoms with Crippen LogP contribution in [0.1, 0.15) is 0 Å². The number of rotatable bonds is 3. The predicted octanol–water partition coefficient (Wildman–Crippen LogP) is 4.67. The van der Waals surface area contributed by atoms with Gasteiger partial charge in [-0.2, -0.15) is 0 Å². The Labute approximate surface area is 124 Å². The minimum atomic E-state index is -0.399. The summed E-state index contributed by atoms with van der Waals surface area (Å²) < 4.78 is 1.49. The maximum absolute atomic E-state index is 11.0. The van der Waals surface area contributed by atoms with Crippen LogP contribution < -0.4 is 0 Å². The highest BCUT2D eigenvalue weighted by Gasteiger charge is 2.16. The molecule has 0 fully saturated rings. The normalized spacial score (nSPS) is 10.3. The quantitative estimate of drug-likeness (QED) is 0.565. The first kappa shape index (κ1) is 13.5. The number of hydrogen-bond donors (Lipinski definition) is 0. The number of nitro benzene ring substituents is 1. The smallest absolute Gasteiger partial charge is 0.258 e. The second-order valence-electron chi connectivity index (χ2n) is 3.26. The third-order valence-corrected chi connectivity index (χ3v) is 4.53. The number of hydrogen-bond acceptors (Lipinski definition) is 4. The lowest BCUT2D eigenvalue weighted by molar-refractivity contribution is -0.387. The summed E-state index contributed by atoms with van der Waals surface area (Å²) in [6, 6.07) is 8.60. The Morgan fingerprint density at radius 2 is 2.06 bits per heavy atom. The summed E-state index contributed by atoms with van der Waals surface area (Å²) in [5.41, 5.74) is 0.0620. The summed E-state index contributed by atoms with van der Waals surface area (Å²) in [6.45, 7) is 0. The number of benzene rings is 1. The van der Waals surface area contributed by atoms with Gasteiger partial charge in [-0.3, -0.25) is 10.1 Å². The van der Waals surface area contributed by atoms with Gasteiger partial charge in [0.2, 0.25) is 0 Å². The molecule has 0 bridgehead atoms. The first-order valence-corrected chi connectivity index (χ1v) is 7.20. The first-order valence-electron chi connectivity index (χ1n) is 4.80. The van der Waals surface area contributed by atoms with Crippen molar-refractivity contribution < 1.29 is 4.92 Å². The van der Waals surface area contributed by atoms with Crippen LogP contribution in [0, 0.1) is 10.1 Å². The zero-order chi connectivity index (χ0) is 13.1. The van der Waals surface area contributed by atoms with Gasteiger partial charge in [-0.25, -0.2) is 4.98 Å². The first-order chi connectivity index (χ1) is 8.58. The molecule has 2 rings (SSSR count). The minimum Gasteiger partial charge on any atom is -0.258 e. The van der Waals surface area contributed by atoms with Gasteiger partial charge in [-0.15, -0.1) is 0 Å². The van der Waals surface area contributed by atoms with Gasteiger partial charge in [0.25, 0.3) is 5.69 Å². The van der Waals surface area contributed by atoms with E-state index in [0.29, 0.717) is 14.4 Å². The molecule has 0 atom stereocenters. The van der Waals surface area contributed by atoms with E-state index in [4.69, 9.17) is 0 Å². The van der Waals surface area contributed by atoms with Crippen molar-refractivity contribution in [1.29, 1.82) is 0 Å². The molecule has 92 valence electrons. The third-order valence-electron chi connectivity index (χ3n) is 2.05. The van der Waals surface area contributed by atoms with Gasteiger partial charge in [-0.05, 0) is 40.2 Å². The molecule has 1 aromatic carbocycles. The third kappa shape index (κ3) is 3.09. The topological polar surface area (TPSA) is 56.0 Å². The number of nitrogens with zero attached hydrogens (tertiary/aromatic N) is 2. The molecule has 0 amide bonds. The summed E-state index contributed by atoms with van der Waals surface area (Å²) in [6.07, 6.45) is 1.65. The zero-order valence-electron chi connectivity index (χ0n) is 8.84. The molecule has 0 spiro atoms. The van der Waals surface area contributed by atoms with Crippen LogP contribution in [0.25, 0.3) is 0 Å². The molecule has 0 saturated carbocycles. The van der Waals surface area contributed by atoms with Gasteiger partial charge in [0, 0.05) is 16.7 Å². The average Bonchev–Trinajstić information content (AvgIpc) is 2.34. The van der Waals surface area contributed by atoms with E-state index in [9.17, 15) is 10.1 Å². The number of nitro groups is 1. The van der Waals surface area contributed by atoms with Gasteiger partial charge >= 0.3 is 0 Å². The van der Waals surface area contributed by atoms with Crippen molar-refractivity contribution in [3.8, 4) is 0 Å². The van der Waals surface area contributed by atoms with Crippen molar-refractivity contribution in [1.82, 2.24) is 4.98 Å². The fourth-order valence-corrected chi connectivity index (χ4v) is 2.98. The molecule has 0 aliphatic heterocycles. The second-order valence-corrected chi connectivity index (χ2v) is 6.06. The lowest BCUT2D eigenvalue weighted by Gasteiger charge is -2.04. The van der Waals surface area contributed by atoms with Crippen LogP contribution in [0.15, 0.2) is 55.4 Å². The van der Waals surface area contributed by atoms with Crippen molar-refractivity contribution in [2.75, 3.05) is 0 Å². The van der Waals surface area contributed by atoms with Crippen molar-refractivity contribution >= 4 is 49.3 Å². The Hall–Kier alpha value is -0.920. The van der Waals surface area contributed by atoms with E-state index >= 15 is 0 Å². The van der Waals surface area contributed by atoms with Gasteiger partial charge in [0.1, 0.15) is 5.03 Å². The number of pyridine rings is 1. The van der Waals surface area contributed by atoms with Gasteiger partial charge in [0.05, 0.1) is 14.3 Å². The zero-order valence-corrected chi connectivity index (χ0v) is 12.8. The van der Waals surface area contributed by atoms with Crippen LogP contribution in [0.3, 0.4) is 0 Å². The fourth-order valence-electron chi connectivity index (χ4n) is 1.27. The molecule has 0 saturated heterocycles. The minimum absolute atomic E-state index is 0.0620. The van der Waals surface area contributed by atoms with Crippen molar-refractivity contribution in [2.24, 2.45) is 0 Å². The largest absolute Gasteiger partial charge is 0.284 e. The molecule has 4 nitrogen and oxygen atoms in total. The van der Waals surface area contributed by atoms with E-state index < -0.39 is 4.92 Å². The van der Waals surface area contributed by atoms with Crippen LogP contribution in [-0.4, -0.2) is 9.91 Å². The Bertz CT molecular complexity index is 607. The molecular weight excluding hydrogens is 384 g/mol. The van der Waals surface area contributed by atoms with E-state index in [1.165, 1.54) is 17.8 Å². The standard InChI is InChI=1S/C11H6Br2N2O2S/c12-7-3-4-10(9(6-7)15(16)17)18-11-8(13)2-1-5-14-11/h1-6H. The molecule has 18 heavy (non-hydrogen) atoms. The number of halogens is 2. The summed E-state index contributed by atoms with van der Waals surface area (Å²) in [4.78, 5) is 15.3. The van der Waals surface area contributed by atoms with Crippen LogP contribution >= 0.6 is 43.6 Å². The lowest BCUT2D eigenvalue weighted by Crippen LogP contribution is -1.91. The Morgan fingerprint density at radius 1 is 1.28 bits per heavy atom. The molecular formula is C11H6Br2N2O2S. The van der Waals surface area contributed by atoms with Gasteiger partial charge in [-0.1, -0.05) is 27.7 Å². The highest BCUT2D eigenvalue weighted by Crippen LogP contribution is 2.37. The van der Waals surface area contributed by atoms with E-state index in [-0.39, 0.29) is 5.69 Å². The monoisotopic (exact) mass is 388 g/mol. The van der Waals surface area contributed by atoms with Crippen molar-refractivity contribution in [2.45, 2.75) is 9.92 Å². The Balaban J connectivity index is 2.41. The van der Waals surface area contributed by atoms with Crippen LogP contribution in [0.2, 0.25) is 0 Å². The van der Waals surface area contributed by atoms with Crippen molar-refractivity contribution in [3.63, 3.8) is 0 Å². The molecule has 0 N–H and O–H groups in total. The van der Waals surface area contributed by atoms with Gasteiger partial charge < -0.3 is 0 Å². The summed E-state index contributed by atoms with van der Waals surface area (Å²) in [7, 11) is 0. The fraction of sp³-hybridized carbons (Fsp3) is 0. The van der Waals surface area contributed by atoms with E-state index in [1.54, 1.807) is 24.4 Å². The summed E-state index contributed by atoms with van der Waals surface area (Å²) in [5.74, 6) is 0. The summed E-state index contributed by atoms with van der Waals surface area (Å²) in [5, 5.41) is 11.7. The Kier molecular flexibility index (Phi) is 4.36. The van der Waals surface area contributed by atoms with E-state index in [0.717, 1.165) is 4.47 Å². The molecule has 1 heterocycles. The molecule has 1 aromatic heterocycles. The highest BCUT2D eigenvalue weighted by atomic mass is 79.9. The molecule has 0 unspecified atom stereocenters. The predicted molar refractivity (Wildman–Crippen MR) is 76.9 cm³/mol. The van der Waals surface area contributed by atoms with E-state index in [1.807, 2.05) is 6.07 Å². The van der Waals surface area contributed by atoms with Gasteiger partial charge in [0.15, 0.2) is 0 Å². The summed E-state index contributed by atoms with van der Waals surface area (Å²) >= 11 is 7.85. The van der Waals surface area contributed by atoms with E-state index in [2.05, 4.69) is 36.8 Å². The average molecular weight is 390 g/mol. The van der Waals surface area contributed by atoms with Crippen LogP contribution in [0.5, 0.6) is 0 Å². The molecule has 0 radical (unpaired) electrons. The van der Waals surface area contributed by atoms with Crippen molar-refractivity contribution in [3.05, 3.63) is 55.6 Å². The Morgan fingerprint density at radius 3 is 2.72 bits per heavy atom. The van der Waals surface area contributed by atoms with Crippen LogP contribution in [0.4, 0.5) is 5.69 Å². The van der Waals surface area contributed by atoms with Crippen LogP contribution in [-0.2, 0) is 0 Å². The molecule has 2 aromatic rings. The molecule has 0 aliphatic rings. The second kappa shape index (κ2) is 5.81. The maximum Gasteiger partial charge on any atom is 0.284 e. The molecule has 7 heteroatoms. The maximum atomic E-state index is 11.0. The SMILES string of the molecule is O=[N+]([O-])c1cc(Br)ccc1Sc1ncccc1Br. The highest BCUT2D eigenvalue weighted by molar-refractivity contribution is 9.10. The molecule has 0 aliphatic carbocycles. The lowest BCUT2D eigenvalue weighted by atomic mass is 10.3.